The number of carbonyl (C=O) groups is 1. The molecule has 6 nitrogen and oxygen atoms in total. The highest BCUT2D eigenvalue weighted by atomic mass is 32.2. The van der Waals surface area contributed by atoms with E-state index in [0.29, 0.717) is 27.9 Å². The van der Waals surface area contributed by atoms with Gasteiger partial charge in [0.1, 0.15) is 11.5 Å². The Kier molecular flexibility index (Phi) is 5.80. The van der Waals surface area contributed by atoms with Gasteiger partial charge < -0.3 is 14.6 Å². The molecule has 1 atom stereocenters. The monoisotopic (exact) mass is 413 g/mol. The largest absolute Gasteiger partial charge is 0.467 e. The number of benzene rings is 1. The van der Waals surface area contributed by atoms with Crippen molar-refractivity contribution in [2.24, 2.45) is 0 Å². The minimum Gasteiger partial charge on any atom is -0.467 e. The minimum atomic E-state index is -0.974. The number of halogens is 1. The molecular formula is C21H20FN3O3S. The van der Waals surface area contributed by atoms with Gasteiger partial charge in [-0.3, -0.25) is 9.78 Å². The average Bonchev–Trinajstić information content (AvgIpc) is 3.13. The third-order valence-corrected chi connectivity index (χ3v) is 5.01. The lowest BCUT2D eigenvalue weighted by molar-refractivity contribution is -0.126. The van der Waals surface area contributed by atoms with Gasteiger partial charge in [-0.15, -0.1) is 18.2 Å². The number of hydrogen-bond donors (Lipinski definition) is 1. The first-order chi connectivity index (χ1) is 13.7. The summed E-state index contributed by atoms with van der Waals surface area (Å²) >= 11 is 1.14. The van der Waals surface area contributed by atoms with Gasteiger partial charge in [-0.25, -0.2) is 4.39 Å². The molecule has 29 heavy (non-hydrogen) atoms. The standard InChI is InChI=1S/C21H20FN3O3S/c1-6-13-8-14-9-17(15(22)10-16(14)23-11-13)27-20(29-5)19(26)24-21(3,4)18-7-12(2)28-25-18/h1,7-11,20H,2-5H3,(H,24,26). The molecule has 0 aliphatic rings. The van der Waals surface area contributed by atoms with Crippen molar-refractivity contribution in [2.75, 3.05) is 6.26 Å². The normalized spacial score (nSPS) is 12.4. The fourth-order valence-corrected chi connectivity index (χ4v) is 3.19. The number of carbonyl (C=O) groups excluding carboxylic acids is 1. The van der Waals surface area contributed by atoms with Crippen LogP contribution in [0.1, 0.15) is 30.9 Å². The van der Waals surface area contributed by atoms with Gasteiger partial charge in [0, 0.05) is 29.3 Å². The number of pyridine rings is 1. The number of amides is 1. The third-order valence-electron chi connectivity index (χ3n) is 4.27. The molecule has 0 bridgehead atoms. The molecule has 8 heteroatoms. The number of thioether (sulfide) groups is 1. The van der Waals surface area contributed by atoms with E-state index in [4.69, 9.17) is 15.7 Å². The van der Waals surface area contributed by atoms with Crippen LogP contribution in [0.25, 0.3) is 10.9 Å². The summed E-state index contributed by atoms with van der Waals surface area (Å²) in [4.78, 5) is 16.9. The number of terminal acetylenes is 1. The highest BCUT2D eigenvalue weighted by Crippen LogP contribution is 2.28. The number of hydrogen-bond acceptors (Lipinski definition) is 6. The van der Waals surface area contributed by atoms with Crippen molar-refractivity contribution in [3.63, 3.8) is 0 Å². The Morgan fingerprint density at radius 1 is 1.38 bits per heavy atom. The van der Waals surface area contributed by atoms with E-state index in [9.17, 15) is 9.18 Å². The summed E-state index contributed by atoms with van der Waals surface area (Å²) in [6.45, 7) is 5.36. The zero-order valence-electron chi connectivity index (χ0n) is 16.4. The maximum Gasteiger partial charge on any atom is 0.272 e. The Bertz CT molecular complexity index is 1100. The van der Waals surface area contributed by atoms with E-state index in [-0.39, 0.29) is 5.75 Å². The van der Waals surface area contributed by atoms with Gasteiger partial charge in [0.15, 0.2) is 11.6 Å². The smallest absolute Gasteiger partial charge is 0.272 e. The zero-order chi connectivity index (χ0) is 21.2. The number of fused-ring (bicyclic) bond motifs is 1. The van der Waals surface area contributed by atoms with Crippen LogP contribution in [0.15, 0.2) is 35.0 Å². The second-order valence-corrected chi connectivity index (χ2v) is 7.87. The lowest BCUT2D eigenvalue weighted by atomic mass is 10.0. The van der Waals surface area contributed by atoms with Gasteiger partial charge in [0.25, 0.3) is 5.91 Å². The van der Waals surface area contributed by atoms with Crippen molar-refractivity contribution < 1.29 is 18.4 Å². The third kappa shape index (κ3) is 4.51. The maximum atomic E-state index is 14.5. The molecule has 0 radical (unpaired) electrons. The molecule has 150 valence electrons. The van der Waals surface area contributed by atoms with Crippen LogP contribution in [0.5, 0.6) is 5.75 Å². The molecule has 0 aliphatic carbocycles. The van der Waals surface area contributed by atoms with Crippen LogP contribution < -0.4 is 10.1 Å². The molecule has 3 rings (SSSR count). The lowest BCUT2D eigenvalue weighted by Gasteiger charge is -2.26. The number of aryl methyl sites for hydroxylation is 1. The van der Waals surface area contributed by atoms with Crippen LogP contribution >= 0.6 is 11.8 Å². The second kappa shape index (κ2) is 8.13. The fourth-order valence-electron chi connectivity index (χ4n) is 2.72. The Balaban J connectivity index is 1.82. The van der Waals surface area contributed by atoms with Crippen molar-refractivity contribution in [1.82, 2.24) is 15.5 Å². The molecule has 1 aromatic carbocycles. The summed E-state index contributed by atoms with van der Waals surface area (Å²) in [5, 5.41) is 7.44. The first-order valence-corrected chi connectivity index (χ1v) is 10.0. The van der Waals surface area contributed by atoms with Crippen molar-refractivity contribution in [3.8, 4) is 18.1 Å². The molecular weight excluding hydrogens is 393 g/mol. The van der Waals surface area contributed by atoms with Crippen LogP contribution in [-0.2, 0) is 10.3 Å². The van der Waals surface area contributed by atoms with E-state index in [0.717, 1.165) is 11.8 Å². The molecule has 1 unspecified atom stereocenters. The topological polar surface area (TPSA) is 77.2 Å². The van der Waals surface area contributed by atoms with Crippen LogP contribution in [-0.4, -0.2) is 27.7 Å². The first kappa shape index (κ1) is 20.7. The Labute approximate surface area is 172 Å². The van der Waals surface area contributed by atoms with E-state index < -0.39 is 22.7 Å². The van der Waals surface area contributed by atoms with Crippen LogP contribution in [0.4, 0.5) is 4.39 Å². The SMILES string of the molecule is C#Cc1cnc2cc(F)c(OC(SC)C(=O)NC(C)(C)c3cc(C)on3)cc2c1. The minimum absolute atomic E-state index is 0.0574. The number of ether oxygens (including phenoxy) is 1. The van der Waals surface area contributed by atoms with Crippen molar-refractivity contribution in [1.29, 1.82) is 0 Å². The van der Waals surface area contributed by atoms with Gasteiger partial charge in [-0.1, -0.05) is 11.1 Å². The Morgan fingerprint density at radius 2 is 2.14 bits per heavy atom. The van der Waals surface area contributed by atoms with Crippen LogP contribution in [0.3, 0.4) is 0 Å². The van der Waals surface area contributed by atoms with E-state index in [2.05, 4.69) is 21.4 Å². The van der Waals surface area contributed by atoms with Gasteiger partial charge >= 0.3 is 0 Å². The summed E-state index contributed by atoms with van der Waals surface area (Å²) in [6.07, 6.45) is 8.59. The molecule has 1 amide bonds. The molecule has 0 aliphatic heterocycles. The Hall–Kier alpha value is -3.05. The number of nitrogens with one attached hydrogen (secondary N) is 1. The van der Waals surface area contributed by atoms with Crippen molar-refractivity contribution >= 4 is 28.6 Å². The van der Waals surface area contributed by atoms with Crippen molar-refractivity contribution in [2.45, 2.75) is 31.7 Å². The summed E-state index contributed by atoms with van der Waals surface area (Å²) in [5.74, 6) is 2.03. The summed E-state index contributed by atoms with van der Waals surface area (Å²) in [5.41, 5.74) is -0.175. The molecule has 0 fully saturated rings. The van der Waals surface area contributed by atoms with E-state index in [1.807, 2.05) is 0 Å². The van der Waals surface area contributed by atoms with Gasteiger partial charge in [-0.05, 0) is 39.2 Å². The molecule has 0 saturated carbocycles. The molecule has 3 aromatic rings. The summed E-state index contributed by atoms with van der Waals surface area (Å²) < 4.78 is 25.3. The summed E-state index contributed by atoms with van der Waals surface area (Å²) in [7, 11) is 0. The molecule has 2 aromatic heterocycles. The zero-order valence-corrected chi connectivity index (χ0v) is 17.3. The van der Waals surface area contributed by atoms with E-state index in [1.165, 1.54) is 18.3 Å². The van der Waals surface area contributed by atoms with Crippen LogP contribution in [0, 0.1) is 25.1 Å². The quantitative estimate of drug-likeness (QED) is 0.490. The number of nitrogens with zero attached hydrogens (tertiary/aromatic N) is 2. The highest BCUT2D eigenvalue weighted by Gasteiger charge is 2.31. The average molecular weight is 413 g/mol. The second-order valence-electron chi connectivity index (χ2n) is 6.97. The van der Waals surface area contributed by atoms with Gasteiger partial charge in [0.05, 0.1) is 11.1 Å². The van der Waals surface area contributed by atoms with E-state index in [1.54, 1.807) is 39.2 Å². The predicted octanol–water partition coefficient (Wildman–Crippen LogP) is 3.77. The Morgan fingerprint density at radius 3 is 2.76 bits per heavy atom. The molecule has 0 saturated heterocycles. The molecule has 1 N–H and O–H groups in total. The lowest BCUT2D eigenvalue weighted by Crippen LogP contribution is -2.46. The van der Waals surface area contributed by atoms with Crippen molar-refractivity contribution in [3.05, 3.63) is 53.3 Å². The highest BCUT2D eigenvalue weighted by molar-refractivity contribution is 7.99. The summed E-state index contributed by atoms with van der Waals surface area (Å²) in [6, 6.07) is 6.19. The number of aromatic nitrogens is 2. The fraction of sp³-hybridized carbons (Fsp3) is 0.286. The number of rotatable bonds is 6. The molecule has 2 heterocycles. The van der Waals surface area contributed by atoms with Crippen LogP contribution in [0.2, 0.25) is 0 Å². The van der Waals surface area contributed by atoms with Gasteiger partial charge in [-0.2, -0.15) is 0 Å². The predicted molar refractivity (Wildman–Crippen MR) is 110 cm³/mol. The first-order valence-electron chi connectivity index (χ1n) is 8.74. The van der Waals surface area contributed by atoms with E-state index >= 15 is 0 Å². The molecule has 0 spiro atoms. The maximum absolute atomic E-state index is 14.5. The van der Waals surface area contributed by atoms with Gasteiger partial charge in [0.2, 0.25) is 5.44 Å².